The van der Waals surface area contributed by atoms with Gasteiger partial charge in [-0.25, -0.2) is 4.98 Å². The predicted molar refractivity (Wildman–Crippen MR) is 80.4 cm³/mol. The average molecular weight is 276 g/mol. The summed E-state index contributed by atoms with van der Waals surface area (Å²) >= 11 is 6.31. The minimum atomic E-state index is -0.0348. The molecule has 1 aromatic heterocycles. The molecule has 1 aromatic carbocycles. The van der Waals surface area contributed by atoms with Gasteiger partial charge >= 0.3 is 0 Å². The third kappa shape index (κ3) is 2.88. The minimum absolute atomic E-state index is 0.0348. The lowest BCUT2D eigenvalue weighted by Gasteiger charge is -2.22. The van der Waals surface area contributed by atoms with Gasteiger partial charge in [0, 0.05) is 16.8 Å². The van der Waals surface area contributed by atoms with Gasteiger partial charge in [-0.1, -0.05) is 36.7 Å². The van der Waals surface area contributed by atoms with Crippen LogP contribution in [0.15, 0.2) is 36.5 Å². The Morgan fingerprint density at radius 2 is 2.05 bits per heavy atom. The van der Waals surface area contributed by atoms with Crippen LogP contribution in [-0.4, -0.2) is 11.5 Å². The lowest BCUT2D eigenvalue weighted by molar-refractivity contribution is 0.628. The van der Waals surface area contributed by atoms with Gasteiger partial charge in [-0.2, -0.15) is 0 Å². The van der Waals surface area contributed by atoms with Gasteiger partial charge in [-0.15, -0.1) is 0 Å². The van der Waals surface area contributed by atoms with Crippen molar-refractivity contribution in [2.45, 2.75) is 19.9 Å². The highest BCUT2D eigenvalue weighted by molar-refractivity contribution is 6.31. The first-order valence-corrected chi connectivity index (χ1v) is 6.71. The van der Waals surface area contributed by atoms with Crippen LogP contribution in [-0.2, 0) is 0 Å². The SMILES string of the molecule is CCNC(c1ccccc1Cl)c1c(C)ccnc1N. The van der Waals surface area contributed by atoms with Crippen LogP contribution in [0, 0.1) is 6.92 Å². The zero-order valence-corrected chi connectivity index (χ0v) is 11.9. The summed E-state index contributed by atoms with van der Waals surface area (Å²) in [4.78, 5) is 4.19. The van der Waals surface area contributed by atoms with E-state index in [4.69, 9.17) is 17.3 Å². The maximum absolute atomic E-state index is 6.31. The molecule has 3 N–H and O–H groups in total. The number of benzene rings is 1. The second kappa shape index (κ2) is 6.04. The maximum Gasteiger partial charge on any atom is 0.128 e. The Morgan fingerprint density at radius 3 is 2.68 bits per heavy atom. The van der Waals surface area contributed by atoms with Crippen LogP contribution in [0.3, 0.4) is 0 Å². The molecule has 0 aliphatic rings. The number of nitrogens with one attached hydrogen (secondary N) is 1. The van der Waals surface area contributed by atoms with E-state index in [0.29, 0.717) is 5.82 Å². The Hall–Kier alpha value is -1.58. The van der Waals surface area contributed by atoms with Crippen molar-refractivity contribution >= 4 is 17.4 Å². The van der Waals surface area contributed by atoms with Gasteiger partial charge in [0.25, 0.3) is 0 Å². The van der Waals surface area contributed by atoms with E-state index in [-0.39, 0.29) is 6.04 Å². The monoisotopic (exact) mass is 275 g/mol. The van der Waals surface area contributed by atoms with Gasteiger partial charge in [0.2, 0.25) is 0 Å². The number of nitrogen functional groups attached to an aromatic ring is 1. The molecule has 0 saturated heterocycles. The van der Waals surface area contributed by atoms with Crippen molar-refractivity contribution in [3.8, 4) is 0 Å². The molecule has 0 aliphatic carbocycles. The van der Waals surface area contributed by atoms with E-state index >= 15 is 0 Å². The first-order chi connectivity index (χ1) is 9.15. The van der Waals surface area contributed by atoms with Crippen molar-refractivity contribution in [2.24, 2.45) is 0 Å². The van der Waals surface area contributed by atoms with Gasteiger partial charge in [-0.05, 0) is 36.7 Å². The van der Waals surface area contributed by atoms with Gasteiger partial charge in [0.05, 0.1) is 6.04 Å². The molecule has 19 heavy (non-hydrogen) atoms. The van der Waals surface area contributed by atoms with E-state index in [0.717, 1.165) is 28.3 Å². The molecular formula is C15H18ClN3. The molecule has 4 heteroatoms. The zero-order chi connectivity index (χ0) is 13.8. The highest BCUT2D eigenvalue weighted by Gasteiger charge is 2.20. The number of nitrogens with zero attached hydrogens (tertiary/aromatic N) is 1. The fourth-order valence-electron chi connectivity index (χ4n) is 2.25. The van der Waals surface area contributed by atoms with Gasteiger partial charge in [0.1, 0.15) is 5.82 Å². The van der Waals surface area contributed by atoms with E-state index in [1.807, 2.05) is 37.3 Å². The molecule has 2 rings (SSSR count). The second-order valence-corrected chi connectivity index (χ2v) is 4.85. The Balaban J connectivity index is 2.55. The Bertz CT molecular complexity index is 549. The molecule has 0 spiro atoms. The number of hydrogen-bond donors (Lipinski definition) is 2. The lowest BCUT2D eigenvalue weighted by atomic mass is 9.95. The van der Waals surface area contributed by atoms with E-state index < -0.39 is 0 Å². The molecule has 0 aliphatic heterocycles. The van der Waals surface area contributed by atoms with E-state index in [2.05, 4.69) is 17.2 Å². The van der Waals surface area contributed by atoms with E-state index in [1.54, 1.807) is 6.20 Å². The second-order valence-electron chi connectivity index (χ2n) is 4.44. The number of aromatic nitrogens is 1. The molecule has 1 heterocycles. The van der Waals surface area contributed by atoms with Crippen LogP contribution >= 0.6 is 11.6 Å². The first kappa shape index (κ1) is 13.8. The Morgan fingerprint density at radius 1 is 1.32 bits per heavy atom. The first-order valence-electron chi connectivity index (χ1n) is 6.34. The normalized spacial score (nSPS) is 12.4. The predicted octanol–water partition coefficient (Wildman–Crippen LogP) is 3.32. The van der Waals surface area contributed by atoms with Gasteiger partial charge < -0.3 is 11.1 Å². The number of hydrogen-bond acceptors (Lipinski definition) is 3. The third-order valence-corrected chi connectivity index (χ3v) is 3.50. The fourth-order valence-corrected chi connectivity index (χ4v) is 2.49. The van der Waals surface area contributed by atoms with Crippen LogP contribution in [0.2, 0.25) is 5.02 Å². The van der Waals surface area contributed by atoms with Gasteiger partial charge in [-0.3, -0.25) is 0 Å². The van der Waals surface area contributed by atoms with Crippen molar-refractivity contribution < 1.29 is 0 Å². The number of halogens is 1. The Kier molecular flexibility index (Phi) is 4.40. The highest BCUT2D eigenvalue weighted by atomic mass is 35.5. The number of nitrogens with two attached hydrogens (primary N) is 1. The Labute approximate surface area is 118 Å². The molecule has 2 aromatic rings. The van der Waals surface area contributed by atoms with Crippen molar-refractivity contribution in [2.75, 3.05) is 12.3 Å². The lowest BCUT2D eigenvalue weighted by Crippen LogP contribution is -2.24. The van der Waals surface area contributed by atoms with Crippen LogP contribution < -0.4 is 11.1 Å². The summed E-state index contributed by atoms with van der Waals surface area (Å²) in [6.45, 7) is 4.92. The molecular weight excluding hydrogens is 258 g/mol. The molecule has 1 atom stereocenters. The molecule has 0 saturated carbocycles. The number of pyridine rings is 1. The molecule has 100 valence electrons. The summed E-state index contributed by atoms with van der Waals surface area (Å²) in [6.07, 6.45) is 1.73. The van der Waals surface area contributed by atoms with E-state index in [9.17, 15) is 0 Å². The topological polar surface area (TPSA) is 50.9 Å². The molecule has 0 bridgehead atoms. The minimum Gasteiger partial charge on any atom is -0.383 e. The number of rotatable bonds is 4. The smallest absolute Gasteiger partial charge is 0.128 e. The summed E-state index contributed by atoms with van der Waals surface area (Å²) < 4.78 is 0. The van der Waals surface area contributed by atoms with E-state index in [1.165, 1.54) is 0 Å². The number of anilines is 1. The third-order valence-electron chi connectivity index (χ3n) is 3.15. The summed E-state index contributed by atoms with van der Waals surface area (Å²) in [6, 6.07) is 9.74. The molecule has 0 radical (unpaired) electrons. The average Bonchev–Trinajstić information content (AvgIpc) is 2.38. The molecule has 0 fully saturated rings. The standard InChI is InChI=1S/C15H18ClN3/c1-3-18-14(11-6-4-5-7-12(11)16)13-10(2)8-9-19-15(13)17/h4-9,14,18H,3H2,1-2H3,(H2,17,19). The fraction of sp³-hybridized carbons (Fsp3) is 0.267. The van der Waals surface area contributed by atoms with Crippen LogP contribution in [0.5, 0.6) is 0 Å². The van der Waals surface area contributed by atoms with Gasteiger partial charge in [0.15, 0.2) is 0 Å². The van der Waals surface area contributed by atoms with Crippen molar-refractivity contribution in [3.05, 3.63) is 58.2 Å². The number of aryl methyl sites for hydroxylation is 1. The summed E-state index contributed by atoms with van der Waals surface area (Å²) in [5.74, 6) is 0.547. The maximum atomic E-state index is 6.31. The zero-order valence-electron chi connectivity index (χ0n) is 11.2. The van der Waals surface area contributed by atoms with Crippen LogP contribution in [0.4, 0.5) is 5.82 Å². The molecule has 3 nitrogen and oxygen atoms in total. The largest absolute Gasteiger partial charge is 0.383 e. The van der Waals surface area contributed by atoms with Crippen molar-refractivity contribution in [3.63, 3.8) is 0 Å². The quantitative estimate of drug-likeness (QED) is 0.900. The van der Waals surface area contributed by atoms with Crippen LogP contribution in [0.1, 0.15) is 29.7 Å². The summed E-state index contributed by atoms with van der Waals surface area (Å²) in [7, 11) is 0. The summed E-state index contributed by atoms with van der Waals surface area (Å²) in [5.41, 5.74) is 9.18. The molecule has 1 unspecified atom stereocenters. The van der Waals surface area contributed by atoms with Crippen molar-refractivity contribution in [1.82, 2.24) is 10.3 Å². The molecule has 0 amide bonds. The van der Waals surface area contributed by atoms with Crippen LogP contribution in [0.25, 0.3) is 0 Å². The van der Waals surface area contributed by atoms with Crippen molar-refractivity contribution in [1.29, 1.82) is 0 Å². The summed E-state index contributed by atoms with van der Waals surface area (Å²) in [5, 5.41) is 4.17. The highest BCUT2D eigenvalue weighted by Crippen LogP contribution is 2.32.